The summed E-state index contributed by atoms with van der Waals surface area (Å²) in [6.45, 7) is -0.312. The number of ether oxygens (including phenoxy) is 1. The second-order valence-corrected chi connectivity index (χ2v) is 8.47. The number of ketones is 1. The predicted octanol–water partition coefficient (Wildman–Crippen LogP) is 2.60. The molecule has 1 saturated heterocycles. The van der Waals surface area contributed by atoms with Crippen molar-refractivity contribution in [2.75, 3.05) is 13.2 Å². The highest BCUT2D eigenvalue weighted by Crippen LogP contribution is 2.56. The van der Waals surface area contributed by atoms with Gasteiger partial charge in [-0.15, -0.1) is 0 Å². The van der Waals surface area contributed by atoms with Gasteiger partial charge in [0.25, 0.3) is 0 Å². The maximum atomic E-state index is 12.6. The van der Waals surface area contributed by atoms with Crippen molar-refractivity contribution in [3.05, 3.63) is 34.3 Å². The van der Waals surface area contributed by atoms with Crippen LogP contribution in [0.2, 0.25) is 0 Å². The van der Waals surface area contributed by atoms with Crippen LogP contribution in [0, 0.1) is 23.7 Å². The van der Waals surface area contributed by atoms with Crippen molar-refractivity contribution >= 4 is 39.5 Å². The molecular formula is C20H20BrNO5. The number of esters is 1. The molecule has 0 N–H and O–H groups in total. The zero-order valence-corrected chi connectivity index (χ0v) is 16.3. The minimum absolute atomic E-state index is 0.0371. The number of fused-ring (bicyclic) bond motifs is 5. The molecule has 0 aromatic heterocycles. The fourth-order valence-corrected chi connectivity index (χ4v) is 5.10. The first-order chi connectivity index (χ1) is 13.0. The molecule has 1 aromatic rings. The van der Waals surface area contributed by atoms with Gasteiger partial charge in [-0.2, -0.15) is 0 Å². The Morgan fingerprint density at radius 2 is 1.63 bits per heavy atom. The number of benzene rings is 1. The van der Waals surface area contributed by atoms with Gasteiger partial charge >= 0.3 is 5.97 Å². The lowest BCUT2D eigenvalue weighted by Gasteiger charge is -2.19. The molecule has 142 valence electrons. The third-order valence-corrected chi connectivity index (χ3v) is 6.62. The Kier molecular flexibility index (Phi) is 4.88. The molecule has 2 bridgehead atoms. The van der Waals surface area contributed by atoms with E-state index in [-0.39, 0.29) is 49.0 Å². The minimum Gasteiger partial charge on any atom is -0.457 e. The lowest BCUT2D eigenvalue weighted by Crippen LogP contribution is -2.35. The van der Waals surface area contributed by atoms with E-state index >= 15 is 0 Å². The van der Waals surface area contributed by atoms with E-state index in [9.17, 15) is 19.2 Å². The fourth-order valence-electron chi connectivity index (χ4n) is 4.83. The van der Waals surface area contributed by atoms with Gasteiger partial charge in [-0.05, 0) is 43.2 Å². The van der Waals surface area contributed by atoms with Crippen LogP contribution in [0.3, 0.4) is 0 Å². The van der Waals surface area contributed by atoms with Gasteiger partial charge < -0.3 is 4.74 Å². The summed E-state index contributed by atoms with van der Waals surface area (Å²) in [5.41, 5.74) is 0.458. The number of nitrogens with zero attached hydrogens (tertiary/aromatic N) is 1. The first-order valence-electron chi connectivity index (χ1n) is 9.25. The van der Waals surface area contributed by atoms with Crippen LogP contribution in [0.5, 0.6) is 0 Å². The average Bonchev–Trinajstić information content (AvgIpc) is 3.33. The lowest BCUT2D eigenvalue weighted by atomic mass is 9.81. The Morgan fingerprint density at radius 3 is 2.22 bits per heavy atom. The van der Waals surface area contributed by atoms with E-state index in [2.05, 4.69) is 15.9 Å². The van der Waals surface area contributed by atoms with Crippen LogP contribution in [-0.4, -0.2) is 41.6 Å². The van der Waals surface area contributed by atoms with Crippen LogP contribution < -0.4 is 0 Å². The quantitative estimate of drug-likeness (QED) is 0.391. The summed E-state index contributed by atoms with van der Waals surface area (Å²) >= 11 is 3.29. The van der Waals surface area contributed by atoms with Crippen molar-refractivity contribution in [1.29, 1.82) is 0 Å². The molecule has 2 saturated carbocycles. The molecule has 3 fully saturated rings. The molecule has 2 amide bonds. The third-order valence-electron chi connectivity index (χ3n) is 6.09. The Labute approximate surface area is 165 Å². The van der Waals surface area contributed by atoms with Gasteiger partial charge in [-0.1, -0.05) is 28.1 Å². The van der Waals surface area contributed by atoms with Gasteiger partial charge in [0.1, 0.15) is 0 Å². The monoisotopic (exact) mass is 433 g/mol. The zero-order chi connectivity index (χ0) is 19.1. The van der Waals surface area contributed by atoms with Crippen molar-refractivity contribution in [2.45, 2.75) is 25.7 Å². The summed E-state index contributed by atoms with van der Waals surface area (Å²) in [5.74, 6) is -0.824. The molecular weight excluding hydrogens is 414 g/mol. The van der Waals surface area contributed by atoms with Crippen molar-refractivity contribution in [3.63, 3.8) is 0 Å². The third kappa shape index (κ3) is 3.33. The van der Waals surface area contributed by atoms with Crippen molar-refractivity contribution < 1.29 is 23.9 Å². The molecule has 4 rings (SSSR count). The number of carbonyl (C=O) groups is 4. The Balaban J connectivity index is 1.27. The first-order valence-corrected chi connectivity index (χ1v) is 10.0. The standard InChI is InChI=1S/C20H20BrNO5/c21-14-5-3-11(4-6-14)15(23)10-27-16(24)7-8-22-19(25)17-12-1-2-13(9-12)18(17)20(22)26/h3-6,12-13,17-18H,1-2,7-10H2/t12-,13-,17+,18+/m0/s1. The van der Waals surface area contributed by atoms with Crippen LogP contribution in [0.15, 0.2) is 28.7 Å². The molecule has 1 aliphatic heterocycles. The van der Waals surface area contributed by atoms with E-state index in [0.29, 0.717) is 17.4 Å². The van der Waals surface area contributed by atoms with Crippen molar-refractivity contribution in [1.82, 2.24) is 4.90 Å². The number of hydrogen-bond donors (Lipinski definition) is 0. The predicted molar refractivity (Wildman–Crippen MR) is 98.6 cm³/mol. The molecule has 27 heavy (non-hydrogen) atoms. The van der Waals surface area contributed by atoms with Crippen LogP contribution in [0.1, 0.15) is 36.0 Å². The Hall–Kier alpha value is -2.02. The number of Topliss-reactive ketones (excluding diaryl/α,β-unsaturated/α-hetero) is 1. The van der Waals surface area contributed by atoms with Crippen LogP contribution >= 0.6 is 15.9 Å². The summed E-state index contributed by atoms with van der Waals surface area (Å²) in [4.78, 5) is 50.4. The highest BCUT2D eigenvalue weighted by molar-refractivity contribution is 9.10. The first kappa shape index (κ1) is 18.3. The van der Waals surface area contributed by atoms with Gasteiger partial charge in [0, 0.05) is 16.6 Å². The van der Waals surface area contributed by atoms with Gasteiger partial charge in [0.05, 0.1) is 18.3 Å². The van der Waals surface area contributed by atoms with Gasteiger partial charge in [0.15, 0.2) is 12.4 Å². The van der Waals surface area contributed by atoms with Gasteiger partial charge in [-0.25, -0.2) is 0 Å². The van der Waals surface area contributed by atoms with Crippen molar-refractivity contribution in [3.8, 4) is 0 Å². The Morgan fingerprint density at radius 1 is 1.04 bits per heavy atom. The summed E-state index contributed by atoms with van der Waals surface area (Å²) in [5, 5.41) is 0. The van der Waals surface area contributed by atoms with Gasteiger partial charge in [-0.3, -0.25) is 24.1 Å². The van der Waals surface area contributed by atoms with E-state index in [0.717, 1.165) is 23.7 Å². The number of carbonyl (C=O) groups excluding carboxylic acids is 4. The van der Waals surface area contributed by atoms with Crippen LogP contribution in [0.4, 0.5) is 0 Å². The molecule has 0 radical (unpaired) electrons. The van der Waals surface area contributed by atoms with E-state index < -0.39 is 5.97 Å². The smallest absolute Gasteiger partial charge is 0.308 e. The average molecular weight is 434 g/mol. The summed E-state index contributed by atoms with van der Waals surface area (Å²) in [6, 6.07) is 6.77. The molecule has 0 unspecified atom stereocenters. The minimum atomic E-state index is -0.582. The fraction of sp³-hybridized carbons (Fsp3) is 0.500. The molecule has 2 aliphatic carbocycles. The molecule has 1 heterocycles. The molecule has 7 heteroatoms. The molecule has 4 atom stereocenters. The van der Waals surface area contributed by atoms with E-state index in [1.807, 2.05) is 0 Å². The van der Waals surface area contributed by atoms with Crippen LogP contribution in [-0.2, 0) is 19.1 Å². The summed E-state index contributed by atoms with van der Waals surface area (Å²) in [7, 11) is 0. The van der Waals surface area contributed by atoms with Crippen molar-refractivity contribution in [2.24, 2.45) is 23.7 Å². The molecule has 3 aliphatic rings. The van der Waals surface area contributed by atoms with E-state index in [1.165, 1.54) is 4.90 Å². The van der Waals surface area contributed by atoms with E-state index in [4.69, 9.17) is 4.74 Å². The second-order valence-electron chi connectivity index (χ2n) is 7.55. The summed E-state index contributed by atoms with van der Waals surface area (Å²) in [6.07, 6.45) is 2.96. The number of hydrogen-bond acceptors (Lipinski definition) is 5. The van der Waals surface area contributed by atoms with Gasteiger partial charge in [0.2, 0.25) is 11.8 Å². The maximum Gasteiger partial charge on any atom is 0.308 e. The number of imide groups is 1. The lowest BCUT2D eigenvalue weighted by molar-refractivity contribution is -0.145. The molecule has 1 aromatic carbocycles. The largest absolute Gasteiger partial charge is 0.457 e. The summed E-state index contributed by atoms with van der Waals surface area (Å²) < 4.78 is 5.87. The number of rotatable bonds is 6. The molecule has 6 nitrogen and oxygen atoms in total. The highest BCUT2D eigenvalue weighted by atomic mass is 79.9. The normalized spacial score (nSPS) is 28.6. The van der Waals surface area contributed by atoms with Crippen LogP contribution in [0.25, 0.3) is 0 Å². The SMILES string of the molecule is O=C(CCN1C(=O)[C@@H]2[C@H]3CC[C@@H](C3)[C@H]2C1=O)OCC(=O)c1ccc(Br)cc1. The number of halogens is 1. The Bertz CT molecular complexity index is 777. The number of amides is 2. The topological polar surface area (TPSA) is 80.8 Å². The zero-order valence-electron chi connectivity index (χ0n) is 14.7. The second kappa shape index (κ2) is 7.19. The van der Waals surface area contributed by atoms with E-state index in [1.54, 1.807) is 24.3 Å². The molecule has 0 spiro atoms. The highest BCUT2D eigenvalue weighted by Gasteiger charge is 2.60. The number of likely N-dealkylation sites (tertiary alicyclic amines) is 1. The maximum absolute atomic E-state index is 12.6.